The van der Waals surface area contributed by atoms with Crippen LogP contribution in [0.15, 0.2) is 12.3 Å². The minimum Gasteiger partial charge on any atom is -0.502 e. The molecule has 1 aromatic heterocycles. The van der Waals surface area contributed by atoms with Crippen LogP contribution in [0.25, 0.3) is 0 Å². The third-order valence-electron chi connectivity index (χ3n) is 1.04. The van der Waals surface area contributed by atoms with Crippen LogP contribution in [0.1, 0.15) is 0 Å². The summed E-state index contributed by atoms with van der Waals surface area (Å²) >= 11 is 5.48. The van der Waals surface area contributed by atoms with E-state index < -0.39 is 11.8 Å². The number of hydrogen-bond acceptors (Lipinski definition) is 4. The molecule has 0 saturated carbocycles. The van der Waals surface area contributed by atoms with Gasteiger partial charge in [-0.3, -0.25) is 0 Å². The van der Waals surface area contributed by atoms with Crippen LogP contribution in [0.3, 0.4) is 0 Å². The van der Waals surface area contributed by atoms with E-state index in [4.69, 9.17) is 16.7 Å². The molecule has 0 saturated heterocycles. The number of aromatic hydroxyl groups is 1. The molecule has 1 rings (SSSR count). The summed E-state index contributed by atoms with van der Waals surface area (Å²) in [6.45, 7) is 0. The zero-order valence-electron chi connectivity index (χ0n) is 5.82. The standard InChI is InChI=1S/C6H5ClN2O3/c7-3-1-2-9-5(4(3)10)12-6(8)11/h1-2,10H,(H2,8,11). The summed E-state index contributed by atoms with van der Waals surface area (Å²) in [6, 6.07) is 1.35. The minimum atomic E-state index is -1.06. The zero-order valence-corrected chi connectivity index (χ0v) is 6.58. The van der Waals surface area contributed by atoms with Gasteiger partial charge in [-0.15, -0.1) is 0 Å². The van der Waals surface area contributed by atoms with Crippen molar-refractivity contribution >= 4 is 17.7 Å². The lowest BCUT2D eigenvalue weighted by Gasteiger charge is -2.01. The number of primary amides is 1. The molecule has 12 heavy (non-hydrogen) atoms. The van der Waals surface area contributed by atoms with Gasteiger partial charge in [0.15, 0.2) is 5.75 Å². The van der Waals surface area contributed by atoms with Gasteiger partial charge in [-0.1, -0.05) is 11.6 Å². The summed E-state index contributed by atoms with van der Waals surface area (Å²) in [7, 11) is 0. The van der Waals surface area contributed by atoms with E-state index in [1.165, 1.54) is 12.3 Å². The Hall–Kier alpha value is -1.49. The van der Waals surface area contributed by atoms with Gasteiger partial charge in [0, 0.05) is 6.20 Å². The molecule has 6 heteroatoms. The normalized spacial score (nSPS) is 9.42. The quantitative estimate of drug-likeness (QED) is 0.686. The third-order valence-corrected chi connectivity index (χ3v) is 1.34. The fourth-order valence-corrected chi connectivity index (χ4v) is 0.720. The monoisotopic (exact) mass is 188 g/mol. The number of hydrogen-bond donors (Lipinski definition) is 2. The van der Waals surface area contributed by atoms with Crippen LogP contribution >= 0.6 is 11.6 Å². The first-order chi connectivity index (χ1) is 5.61. The highest BCUT2D eigenvalue weighted by molar-refractivity contribution is 6.32. The highest BCUT2D eigenvalue weighted by atomic mass is 35.5. The Labute approximate surface area is 72.7 Å². The fourth-order valence-electron chi connectivity index (χ4n) is 0.583. The largest absolute Gasteiger partial charge is 0.502 e. The minimum absolute atomic E-state index is 0.0428. The van der Waals surface area contributed by atoms with Crippen molar-refractivity contribution in [2.75, 3.05) is 0 Å². The van der Waals surface area contributed by atoms with Crippen molar-refractivity contribution in [3.8, 4) is 11.6 Å². The van der Waals surface area contributed by atoms with E-state index in [9.17, 15) is 4.79 Å². The van der Waals surface area contributed by atoms with E-state index in [2.05, 4.69) is 15.5 Å². The van der Waals surface area contributed by atoms with Gasteiger partial charge < -0.3 is 15.6 Å². The molecule has 1 aromatic rings. The lowest BCUT2D eigenvalue weighted by Crippen LogP contribution is -2.16. The van der Waals surface area contributed by atoms with Gasteiger partial charge in [0.25, 0.3) is 5.88 Å². The van der Waals surface area contributed by atoms with Gasteiger partial charge in [0.2, 0.25) is 0 Å². The van der Waals surface area contributed by atoms with E-state index in [1.54, 1.807) is 0 Å². The SMILES string of the molecule is NC(=O)Oc1nccc(Cl)c1O. The highest BCUT2D eigenvalue weighted by Crippen LogP contribution is 2.30. The Bertz CT molecular complexity index is 316. The number of aromatic nitrogens is 1. The number of nitrogens with two attached hydrogens (primary N) is 1. The number of rotatable bonds is 1. The molecule has 3 N–H and O–H groups in total. The van der Waals surface area contributed by atoms with Gasteiger partial charge in [-0.25, -0.2) is 9.78 Å². The molecule has 0 radical (unpaired) electrons. The number of carbonyl (C=O) groups excluding carboxylic acids is 1. The Morgan fingerprint density at radius 1 is 1.75 bits per heavy atom. The predicted octanol–water partition coefficient (Wildman–Crippen LogP) is 0.898. The second-order valence-corrected chi connectivity index (χ2v) is 2.27. The number of pyridine rings is 1. The molecule has 0 bridgehead atoms. The van der Waals surface area contributed by atoms with Crippen LogP contribution in [0, 0.1) is 0 Å². The van der Waals surface area contributed by atoms with E-state index in [0.29, 0.717) is 0 Å². The number of halogens is 1. The van der Waals surface area contributed by atoms with E-state index in [-0.39, 0.29) is 10.9 Å². The molecule has 0 spiro atoms. The number of nitrogens with zero attached hydrogens (tertiary/aromatic N) is 1. The summed E-state index contributed by atoms with van der Waals surface area (Å²) in [5.74, 6) is -0.701. The molecule has 0 aliphatic carbocycles. The molecule has 0 atom stereocenters. The van der Waals surface area contributed by atoms with Crippen LogP contribution in [0.4, 0.5) is 4.79 Å². The van der Waals surface area contributed by atoms with Crippen LogP contribution in [0.2, 0.25) is 5.02 Å². The Morgan fingerprint density at radius 2 is 2.42 bits per heavy atom. The molecule has 5 nitrogen and oxygen atoms in total. The Balaban J connectivity index is 3.00. The first-order valence-corrected chi connectivity index (χ1v) is 3.30. The van der Waals surface area contributed by atoms with Crippen molar-refractivity contribution in [1.82, 2.24) is 4.98 Å². The van der Waals surface area contributed by atoms with Gasteiger partial charge in [0.05, 0.1) is 5.02 Å². The summed E-state index contributed by atoms with van der Waals surface area (Å²) in [6.07, 6.45) is 0.223. The smallest absolute Gasteiger partial charge is 0.411 e. The first kappa shape index (κ1) is 8.61. The predicted molar refractivity (Wildman–Crippen MR) is 41.1 cm³/mol. The molecule has 64 valence electrons. The zero-order chi connectivity index (χ0) is 9.14. The molecule has 0 unspecified atom stereocenters. The van der Waals surface area contributed by atoms with Crippen molar-refractivity contribution in [1.29, 1.82) is 0 Å². The molecular weight excluding hydrogens is 184 g/mol. The number of amides is 1. The summed E-state index contributed by atoms with van der Waals surface area (Å²) < 4.78 is 4.32. The second kappa shape index (κ2) is 3.27. The van der Waals surface area contributed by atoms with Crippen LogP contribution in [-0.4, -0.2) is 16.2 Å². The molecule has 1 amide bonds. The molecule has 0 fully saturated rings. The van der Waals surface area contributed by atoms with Gasteiger partial charge in [0.1, 0.15) is 0 Å². The number of carbonyl (C=O) groups is 1. The van der Waals surface area contributed by atoms with E-state index >= 15 is 0 Å². The van der Waals surface area contributed by atoms with E-state index in [0.717, 1.165) is 0 Å². The average molecular weight is 189 g/mol. The summed E-state index contributed by atoms with van der Waals surface area (Å²) in [5, 5.41) is 9.16. The number of ether oxygens (including phenoxy) is 1. The van der Waals surface area contributed by atoms with Gasteiger partial charge in [-0.2, -0.15) is 0 Å². The van der Waals surface area contributed by atoms with Crippen molar-refractivity contribution in [3.63, 3.8) is 0 Å². The van der Waals surface area contributed by atoms with Crippen molar-refractivity contribution < 1.29 is 14.6 Å². The molecule has 0 aliphatic rings. The summed E-state index contributed by atoms with van der Waals surface area (Å²) in [5.41, 5.74) is 4.69. The van der Waals surface area contributed by atoms with Crippen LogP contribution < -0.4 is 10.5 Å². The van der Waals surface area contributed by atoms with Crippen LogP contribution in [0.5, 0.6) is 11.6 Å². The van der Waals surface area contributed by atoms with Crippen molar-refractivity contribution in [2.45, 2.75) is 0 Å². The lowest BCUT2D eigenvalue weighted by atomic mass is 10.4. The molecular formula is C6H5ClN2O3. The maximum atomic E-state index is 10.2. The van der Waals surface area contributed by atoms with E-state index in [1.807, 2.05) is 0 Å². The Morgan fingerprint density at radius 3 is 3.00 bits per heavy atom. The molecule has 0 aliphatic heterocycles. The first-order valence-electron chi connectivity index (χ1n) is 2.92. The Kier molecular flexibility index (Phi) is 2.35. The topological polar surface area (TPSA) is 85.4 Å². The highest BCUT2D eigenvalue weighted by Gasteiger charge is 2.09. The third kappa shape index (κ3) is 1.76. The fraction of sp³-hybridized carbons (Fsp3) is 0. The molecule has 1 heterocycles. The lowest BCUT2D eigenvalue weighted by molar-refractivity contribution is 0.207. The average Bonchev–Trinajstić information content (AvgIpc) is 1.98. The van der Waals surface area contributed by atoms with Gasteiger partial charge >= 0.3 is 6.09 Å². The molecule has 0 aromatic carbocycles. The second-order valence-electron chi connectivity index (χ2n) is 1.87. The maximum absolute atomic E-state index is 10.2. The van der Waals surface area contributed by atoms with Crippen molar-refractivity contribution in [3.05, 3.63) is 17.3 Å². The van der Waals surface area contributed by atoms with Gasteiger partial charge in [-0.05, 0) is 6.07 Å². The van der Waals surface area contributed by atoms with Crippen LogP contribution in [-0.2, 0) is 0 Å². The maximum Gasteiger partial charge on any atom is 0.411 e. The van der Waals surface area contributed by atoms with Crippen molar-refractivity contribution in [2.24, 2.45) is 5.73 Å². The summed E-state index contributed by atoms with van der Waals surface area (Å²) in [4.78, 5) is 13.8.